The molecule has 444 valence electrons. The molecule has 9 heteroatoms. The number of carbonyl (C=O) groups is 1. The van der Waals surface area contributed by atoms with Crippen molar-refractivity contribution in [1.82, 2.24) is 5.32 Å². The number of hydrogen-bond donors (Lipinski definition) is 6. The second kappa shape index (κ2) is 56.0. The molecule has 0 radical (unpaired) electrons. The molecule has 7 atom stereocenters. The summed E-state index contributed by atoms with van der Waals surface area (Å²) in [5.74, 6) is -0.180. The molecule has 1 aliphatic heterocycles. The fourth-order valence-corrected chi connectivity index (χ4v) is 10.8. The Bertz CT molecular complexity index is 1230. The van der Waals surface area contributed by atoms with Crippen molar-refractivity contribution in [3.8, 4) is 0 Å². The summed E-state index contributed by atoms with van der Waals surface area (Å²) >= 11 is 0. The number of carbonyl (C=O) groups excluding carboxylic acids is 1. The Morgan fingerprint density at radius 3 is 1.12 bits per heavy atom. The van der Waals surface area contributed by atoms with Crippen molar-refractivity contribution in [2.75, 3.05) is 13.2 Å². The Labute approximate surface area is 464 Å². The van der Waals surface area contributed by atoms with Gasteiger partial charge in [0.05, 0.1) is 25.4 Å². The molecule has 0 aromatic heterocycles. The van der Waals surface area contributed by atoms with Crippen molar-refractivity contribution in [3.05, 3.63) is 24.3 Å². The molecule has 1 aliphatic rings. The van der Waals surface area contributed by atoms with Gasteiger partial charge < -0.3 is 40.3 Å². The lowest BCUT2D eigenvalue weighted by atomic mass is 9.99. The Morgan fingerprint density at radius 2 is 0.760 bits per heavy atom. The molecule has 6 N–H and O–H groups in total. The van der Waals surface area contributed by atoms with E-state index in [1.165, 1.54) is 276 Å². The molecule has 0 aromatic rings. The van der Waals surface area contributed by atoms with E-state index in [1.54, 1.807) is 6.08 Å². The molecule has 0 bridgehead atoms. The highest BCUT2D eigenvalue weighted by Crippen LogP contribution is 2.23. The number of rotatable bonds is 58. The summed E-state index contributed by atoms with van der Waals surface area (Å²) in [6, 6.07) is -0.819. The lowest BCUT2D eigenvalue weighted by Crippen LogP contribution is -2.60. The van der Waals surface area contributed by atoms with Gasteiger partial charge in [-0.05, 0) is 32.1 Å². The van der Waals surface area contributed by atoms with Gasteiger partial charge in [-0.25, -0.2) is 0 Å². The highest BCUT2D eigenvalue weighted by atomic mass is 16.7. The lowest BCUT2D eigenvalue weighted by Gasteiger charge is -2.40. The minimum absolute atomic E-state index is 0.180. The van der Waals surface area contributed by atoms with E-state index in [0.717, 1.165) is 38.5 Å². The average Bonchev–Trinajstić information content (AvgIpc) is 3.41. The van der Waals surface area contributed by atoms with E-state index in [-0.39, 0.29) is 12.5 Å². The molecule has 0 saturated carbocycles. The zero-order valence-corrected chi connectivity index (χ0v) is 49.6. The van der Waals surface area contributed by atoms with Gasteiger partial charge in [0.15, 0.2) is 6.29 Å². The summed E-state index contributed by atoms with van der Waals surface area (Å²) < 4.78 is 11.3. The maximum Gasteiger partial charge on any atom is 0.220 e. The number of allylic oxidation sites excluding steroid dienone is 3. The summed E-state index contributed by atoms with van der Waals surface area (Å²) in [7, 11) is 0. The van der Waals surface area contributed by atoms with Crippen LogP contribution in [0.3, 0.4) is 0 Å². The summed E-state index contributed by atoms with van der Waals surface area (Å²) in [5.41, 5.74) is 0. The van der Waals surface area contributed by atoms with E-state index < -0.39 is 49.5 Å². The summed E-state index contributed by atoms with van der Waals surface area (Å²) in [6.45, 7) is 3.80. The lowest BCUT2D eigenvalue weighted by molar-refractivity contribution is -0.302. The van der Waals surface area contributed by atoms with Crippen LogP contribution in [0.25, 0.3) is 0 Å². The molecule has 1 heterocycles. The average molecular weight is 1060 g/mol. The van der Waals surface area contributed by atoms with Gasteiger partial charge in [0.1, 0.15) is 24.4 Å². The smallest absolute Gasteiger partial charge is 0.220 e. The fourth-order valence-electron chi connectivity index (χ4n) is 10.8. The SMILES string of the molecule is CCCCCCCCCCCC/C=C/CC/C=C/C(O)C(COC1OC(CO)C(O)C(O)C1O)NC(=O)CCCCCCCCCCCCCCCCCCCCCCCCCCCCCCCCCCCCCC. The molecule has 1 fully saturated rings. The van der Waals surface area contributed by atoms with Crippen LogP contribution in [0.15, 0.2) is 24.3 Å². The number of nitrogens with one attached hydrogen (secondary N) is 1. The summed E-state index contributed by atoms with van der Waals surface area (Å²) in [6.07, 6.45) is 65.8. The molecule has 9 nitrogen and oxygen atoms in total. The predicted molar refractivity (Wildman–Crippen MR) is 318 cm³/mol. The van der Waals surface area contributed by atoms with Crippen molar-refractivity contribution in [3.63, 3.8) is 0 Å². The first-order valence-corrected chi connectivity index (χ1v) is 33.1. The normalized spacial score (nSPS) is 18.9. The third-order valence-corrected chi connectivity index (χ3v) is 16.0. The number of amides is 1. The molecular formula is C66H127NO8. The Hall–Kier alpha value is -1.33. The van der Waals surface area contributed by atoms with E-state index >= 15 is 0 Å². The van der Waals surface area contributed by atoms with Crippen LogP contribution in [0.2, 0.25) is 0 Å². The van der Waals surface area contributed by atoms with Gasteiger partial charge in [0.2, 0.25) is 5.91 Å². The maximum absolute atomic E-state index is 13.1. The van der Waals surface area contributed by atoms with Gasteiger partial charge in [-0.1, -0.05) is 321 Å². The van der Waals surface area contributed by atoms with Gasteiger partial charge in [0.25, 0.3) is 0 Å². The predicted octanol–water partition coefficient (Wildman–Crippen LogP) is 17.3. The van der Waals surface area contributed by atoms with E-state index in [0.29, 0.717) is 6.42 Å². The molecule has 1 rings (SSSR count). The molecule has 7 unspecified atom stereocenters. The summed E-state index contributed by atoms with van der Waals surface area (Å²) in [5, 5.41) is 54.5. The van der Waals surface area contributed by atoms with Crippen molar-refractivity contribution < 1.29 is 39.8 Å². The van der Waals surface area contributed by atoms with Gasteiger partial charge in [-0.2, -0.15) is 0 Å². The first-order valence-electron chi connectivity index (χ1n) is 33.1. The van der Waals surface area contributed by atoms with Crippen LogP contribution in [0.4, 0.5) is 0 Å². The van der Waals surface area contributed by atoms with Crippen LogP contribution < -0.4 is 5.32 Å². The van der Waals surface area contributed by atoms with Crippen LogP contribution in [-0.4, -0.2) is 87.5 Å². The number of aliphatic hydroxyl groups is 5. The highest BCUT2D eigenvalue weighted by molar-refractivity contribution is 5.76. The van der Waals surface area contributed by atoms with E-state index in [9.17, 15) is 30.3 Å². The van der Waals surface area contributed by atoms with Gasteiger partial charge in [-0.15, -0.1) is 0 Å². The monoisotopic (exact) mass is 1060 g/mol. The second-order valence-corrected chi connectivity index (χ2v) is 23.3. The van der Waals surface area contributed by atoms with E-state index in [1.807, 2.05) is 6.08 Å². The van der Waals surface area contributed by atoms with Gasteiger partial charge >= 0.3 is 0 Å². The Morgan fingerprint density at radius 1 is 0.440 bits per heavy atom. The van der Waals surface area contributed by atoms with Gasteiger partial charge in [-0.3, -0.25) is 4.79 Å². The van der Waals surface area contributed by atoms with Crippen molar-refractivity contribution >= 4 is 5.91 Å². The van der Waals surface area contributed by atoms with Crippen LogP contribution in [0.1, 0.15) is 335 Å². The zero-order chi connectivity index (χ0) is 54.3. The maximum atomic E-state index is 13.1. The third-order valence-electron chi connectivity index (χ3n) is 16.0. The summed E-state index contributed by atoms with van der Waals surface area (Å²) in [4.78, 5) is 13.1. The molecule has 1 saturated heterocycles. The largest absolute Gasteiger partial charge is 0.394 e. The zero-order valence-electron chi connectivity index (χ0n) is 49.6. The minimum Gasteiger partial charge on any atom is -0.394 e. The van der Waals surface area contributed by atoms with Gasteiger partial charge in [0, 0.05) is 6.42 Å². The van der Waals surface area contributed by atoms with Crippen LogP contribution >= 0.6 is 0 Å². The topological polar surface area (TPSA) is 149 Å². The number of unbranched alkanes of at least 4 members (excludes halogenated alkanes) is 46. The molecule has 0 aliphatic carbocycles. The Balaban J connectivity index is 2.07. The first-order chi connectivity index (χ1) is 36.8. The van der Waals surface area contributed by atoms with Crippen LogP contribution in [0.5, 0.6) is 0 Å². The number of ether oxygens (including phenoxy) is 2. The first kappa shape index (κ1) is 71.7. The molecule has 75 heavy (non-hydrogen) atoms. The van der Waals surface area contributed by atoms with E-state index in [4.69, 9.17) is 9.47 Å². The van der Waals surface area contributed by atoms with Crippen molar-refractivity contribution in [2.45, 2.75) is 378 Å². The van der Waals surface area contributed by atoms with Crippen molar-refractivity contribution in [1.29, 1.82) is 0 Å². The standard InChI is InChI=1S/C66H127NO8/c1-3-5-7-9-11-13-15-17-19-21-22-23-24-25-26-27-28-29-30-31-32-33-34-35-36-37-38-39-40-42-44-46-48-50-52-54-56-62(70)67-59(58-74-66-65(73)64(72)63(71)61(57-68)75-66)60(69)55-53-51-49-47-45-43-41-20-18-16-14-12-10-8-6-4-2/h45,47,53,55,59-61,63-66,68-69,71-73H,3-44,46,48-52,54,56-58H2,1-2H3,(H,67,70)/b47-45+,55-53+. The van der Waals surface area contributed by atoms with Crippen LogP contribution in [-0.2, 0) is 14.3 Å². The molecule has 1 amide bonds. The molecule has 0 spiro atoms. The van der Waals surface area contributed by atoms with Crippen molar-refractivity contribution in [2.24, 2.45) is 0 Å². The Kier molecular flexibility index (Phi) is 53.5. The third kappa shape index (κ3) is 45.1. The minimum atomic E-state index is -1.57. The fraction of sp³-hybridized carbons (Fsp3) is 0.924. The quantitative estimate of drug-likeness (QED) is 0.0261. The second-order valence-electron chi connectivity index (χ2n) is 23.3. The number of hydrogen-bond acceptors (Lipinski definition) is 8. The highest BCUT2D eigenvalue weighted by Gasteiger charge is 2.44. The van der Waals surface area contributed by atoms with Crippen LogP contribution in [0, 0.1) is 0 Å². The molecular weight excluding hydrogens is 935 g/mol. The number of aliphatic hydroxyl groups excluding tert-OH is 5. The van der Waals surface area contributed by atoms with E-state index in [2.05, 4.69) is 31.3 Å². The molecule has 0 aromatic carbocycles.